The lowest BCUT2D eigenvalue weighted by Gasteiger charge is -2.24. The van der Waals surface area contributed by atoms with Crippen molar-refractivity contribution in [1.29, 1.82) is 0 Å². The highest BCUT2D eigenvalue weighted by molar-refractivity contribution is 7.08. The number of thiophene rings is 1. The number of rotatable bonds is 6. The molecule has 1 aliphatic rings. The van der Waals surface area contributed by atoms with Crippen molar-refractivity contribution in [3.63, 3.8) is 0 Å². The van der Waals surface area contributed by atoms with Crippen molar-refractivity contribution in [2.45, 2.75) is 13.0 Å². The van der Waals surface area contributed by atoms with Gasteiger partial charge in [-0.05, 0) is 52.6 Å². The Labute approximate surface area is 178 Å². The second-order valence-corrected chi connectivity index (χ2v) is 7.90. The van der Waals surface area contributed by atoms with E-state index in [4.69, 9.17) is 14.6 Å². The van der Waals surface area contributed by atoms with E-state index in [-0.39, 0.29) is 12.5 Å². The van der Waals surface area contributed by atoms with Crippen molar-refractivity contribution >= 4 is 23.2 Å². The van der Waals surface area contributed by atoms with Crippen LogP contribution in [-0.2, 0) is 17.8 Å². The number of benzene rings is 1. The number of carboxylic acids is 1. The van der Waals surface area contributed by atoms with E-state index in [1.807, 2.05) is 39.6 Å². The Bertz CT molecular complexity index is 1120. The largest absolute Gasteiger partial charge is 0.493 e. The summed E-state index contributed by atoms with van der Waals surface area (Å²) < 4.78 is 13.0. The Balaban J connectivity index is 1.92. The summed E-state index contributed by atoms with van der Waals surface area (Å²) in [6.45, 7) is 0.263. The van der Waals surface area contributed by atoms with E-state index in [1.54, 1.807) is 25.6 Å². The number of carbonyl (C=O) groups is 2. The zero-order valence-electron chi connectivity index (χ0n) is 17.0. The molecule has 0 saturated carbocycles. The van der Waals surface area contributed by atoms with Gasteiger partial charge < -0.3 is 24.0 Å². The van der Waals surface area contributed by atoms with Gasteiger partial charge in [-0.15, -0.1) is 0 Å². The molecule has 1 aromatic carbocycles. The summed E-state index contributed by atoms with van der Waals surface area (Å²) in [5.74, 6) is -0.0653. The summed E-state index contributed by atoms with van der Waals surface area (Å²) >= 11 is 1.59. The van der Waals surface area contributed by atoms with Gasteiger partial charge in [0.15, 0.2) is 11.5 Å². The van der Waals surface area contributed by atoms with Crippen LogP contribution in [0, 0.1) is 0 Å². The molecule has 0 unspecified atom stereocenters. The molecule has 1 amide bonds. The molecule has 156 valence electrons. The molecule has 3 heterocycles. The number of carbonyl (C=O) groups excluding carboxylic acids is 1. The van der Waals surface area contributed by atoms with Crippen LogP contribution in [0.25, 0.3) is 22.4 Å². The highest BCUT2D eigenvalue weighted by Crippen LogP contribution is 2.44. The maximum absolute atomic E-state index is 13.1. The van der Waals surface area contributed by atoms with Crippen LogP contribution >= 0.6 is 11.3 Å². The fourth-order valence-electron chi connectivity index (χ4n) is 3.94. The minimum atomic E-state index is -1.04. The number of nitrogens with zero attached hydrogens (tertiary/aromatic N) is 2. The van der Waals surface area contributed by atoms with Gasteiger partial charge in [-0.3, -0.25) is 9.59 Å². The maximum Gasteiger partial charge on any atom is 0.323 e. The molecule has 2 aromatic heterocycles. The van der Waals surface area contributed by atoms with E-state index in [2.05, 4.69) is 0 Å². The van der Waals surface area contributed by atoms with Gasteiger partial charge in [-0.25, -0.2) is 0 Å². The zero-order valence-corrected chi connectivity index (χ0v) is 17.8. The molecule has 0 radical (unpaired) electrons. The molecule has 0 aliphatic carbocycles. The van der Waals surface area contributed by atoms with Gasteiger partial charge in [0.2, 0.25) is 0 Å². The Kier molecular flexibility index (Phi) is 5.26. The lowest BCUT2D eigenvalue weighted by Crippen LogP contribution is -2.33. The van der Waals surface area contributed by atoms with Gasteiger partial charge in [-0.2, -0.15) is 11.3 Å². The first-order valence-electron chi connectivity index (χ1n) is 9.43. The van der Waals surface area contributed by atoms with Crippen LogP contribution in [0.5, 0.6) is 11.5 Å². The highest BCUT2D eigenvalue weighted by atomic mass is 32.1. The van der Waals surface area contributed by atoms with E-state index >= 15 is 0 Å². The number of aryl methyl sites for hydroxylation is 1. The van der Waals surface area contributed by atoms with Crippen molar-refractivity contribution in [2.75, 3.05) is 27.8 Å². The standard InChI is InChI=1S/C22H22N2O5S/c1-23(11-20(25)26)22(27)17-9-15(14-5-7-30-12-14)21-16-10-19(29-3)18(28-2)8-13(16)4-6-24(17)21/h5,7-10,12H,4,6,11H2,1-3H3,(H,25,26). The number of hydrogen-bond acceptors (Lipinski definition) is 5. The van der Waals surface area contributed by atoms with Crippen LogP contribution in [0.2, 0.25) is 0 Å². The minimum absolute atomic E-state index is 0.316. The summed E-state index contributed by atoms with van der Waals surface area (Å²) in [6, 6.07) is 7.82. The molecule has 30 heavy (non-hydrogen) atoms. The van der Waals surface area contributed by atoms with Crippen molar-refractivity contribution in [3.8, 4) is 33.9 Å². The molecule has 4 rings (SSSR count). The molecule has 0 saturated heterocycles. The Hall–Kier alpha value is -3.26. The van der Waals surface area contributed by atoms with Crippen LogP contribution in [0.3, 0.4) is 0 Å². The van der Waals surface area contributed by atoms with Gasteiger partial charge in [0.25, 0.3) is 5.91 Å². The monoisotopic (exact) mass is 426 g/mol. The lowest BCUT2D eigenvalue weighted by molar-refractivity contribution is -0.137. The number of methoxy groups -OCH3 is 2. The molecule has 7 nitrogen and oxygen atoms in total. The summed E-state index contributed by atoms with van der Waals surface area (Å²) in [4.78, 5) is 25.4. The Morgan fingerprint density at radius 3 is 2.53 bits per heavy atom. The Morgan fingerprint density at radius 2 is 1.90 bits per heavy atom. The predicted molar refractivity (Wildman–Crippen MR) is 115 cm³/mol. The van der Waals surface area contributed by atoms with E-state index < -0.39 is 5.97 Å². The quantitative estimate of drug-likeness (QED) is 0.651. The van der Waals surface area contributed by atoms with Crippen LogP contribution in [-0.4, -0.2) is 54.3 Å². The van der Waals surface area contributed by atoms with Gasteiger partial charge >= 0.3 is 5.97 Å². The average Bonchev–Trinajstić information content (AvgIpc) is 3.39. The third-order valence-electron chi connectivity index (χ3n) is 5.34. The second kappa shape index (κ2) is 7.87. The predicted octanol–water partition coefficient (Wildman–Crippen LogP) is 3.61. The minimum Gasteiger partial charge on any atom is -0.493 e. The number of aromatic nitrogens is 1. The first-order chi connectivity index (χ1) is 14.4. The number of aliphatic carboxylic acids is 1. The molecular formula is C22H22N2O5S. The number of amides is 1. The normalized spacial score (nSPS) is 12.1. The molecule has 0 bridgehead atoms. The number of fused-ring (bicyclic) bond motifs is 3. The van der Waals surface area contributed by atoms with Gasteiger partial charge in [0.05, 0.1) is 19.9 Å². The van der Waals surface area contributed by atoms with Crippen LogP contribution < -0.4 is 9.47 Å². The molecule has 0 atom stereocenters. The molecule has 1 aliphatic heterocycles. The van der Waals surface area contributed by atoms with Crippen LogP contribution in [0.1, 0.15) is 16.1 Å². The van der Waals surface area contributed by atoms with Crippen molar-refractivity contribution in [2.24, 2.45) is 0 Å². The smallest absolute Gasteiger partial charge is 0.323 e. The first-order valence-corrected chi connectivity index (χ1v) is 10.4. The van der Waals surface area contributed by atoms with E-state index in [1.165, 1.54) is 11.9 Å². The van der Waals surface area contributed by atoms with Gasteiger partial charge in [-0.1, -0.05) is 0 Å². The molecule has 0 spiro atoms. The maximum atomic E-state index is 13.1. The molecule has 8 heteroatoms. The number of likely N-dealkylation sites (N-methyl/N-ethyl adjacent to an activating group) is 1. The van der Waals surface area contributed by atoms with Crippen LogP contribution in [0.4, 0.5) is 0 Å². The fraction of sp³-hybridized carbons (Fsp3) is 0.273. The average molecular weight is 426 g/mol. The number of ether oxygens (including phenoxy) is 2. The zero-order chi connectivity index (χ0) is 21.4. The fourth-order valence-corrected chi connectivity index (χ4v) is 4.59. The summed E-state index contributed by atoms with van der Waals surface area (Å²) in [7, 11) is 4.72. The SMILES string of the molecule is COc1cc2c(cc1OC)-c1c(-c3ccsc3)cc(C(=O)N(C)CC(=O)O)n1CC2. The summed E-state index contributed by atoms with van der Waals surface area (Å²) in [5, 5.41) is 13.1. The number of hydrogen-bond donors (Lipinski definition) is 1. The van der Waals surface area contributed by atoms with E-state index in [0.29, 0.717) is 23.7 Å². The highest BCUT2D eigenvalue weighted by Gasteiger charge is 2.29. The molecule has 1 N–H and O–H groups in total. The number of carboxylic acid groups (broad SMARTS) is 1. The van der Waals surface area contributed by atoms with Gasteiger partial charge in [0, 0.05) is 24.7 Å². The van der Waals surface area contributed by atoms with E-state index in [0.717, 1.165) is 34.4 Å². The molecule has 0 fully saturated rings. The first kappa shape index (κ1) is 20.0. The Morgan fingerprint density at radius 1 is 1.17 bits per heavy atom. The van der Waals surface area contributed by atoms with Crippen LogP contribution in [0.15, 0.2) is 35.0 Å². The van der Waals surface area contributed by atoms with Crippen molar-refractivity contribution in [1.82, 2.24) is 9.47 Å². The van der Waals surface area contributed by atoms with Gasteiger partial charge in [0.1, 0.15) is 12.2 Å². The molecule has 3 aromatic rings. The molecular weight excluding hydrogens is 404 g/mol. The third-order valence-corrected chi connectivity index (χ3v) is 6.02. The van der Waals surface area contributed by atoms with E-state index in [9.17, 15) is 9.59 Å². The lowest BCUT2D eigenvalue weighted by atomic mass is 9.94. The second-order valence-electron chi connectivity index (χ2n) is 7.12. The summed E-state index contributed by atoms with van der Waals surface area (Å²) in [6.07, 6.45) is 0.726. The summed E-state index contributed by atoms with van der Waals surface area (Å²) in [5.41, 5.74) is 5.48. The third kappa shape index (κ3) is 3.33. The van der Waals surface area contributed by atoms with Crippen molar-refractivity contribution in [3.05, 3.63) is 46.3 Å². The van der Waals surface area contributed by atoms with Crippen molar-refractivity contribution < 1.29 is 24.2 Å². The topological polar surface area (TPSA) is 81.0 Å².